The molecule has 0 fully saturated rings. The van der Waals surface area contributed by atoms with Crippen LogP contribution in [0.4, 0.5) is 0 Å². The highest BCUT2D eigenvalue weighted by Gasteiger charge is 2.24. The highest BCUT2D eigenvalue weighted by molar-refractivity contribution is 7.91. The highest BCUT2D eigenvalue weighted by Crippen LogP contribution is 2.30. The number of ether oxygens (including phenoxy) is 1. The summed E-state index contributed by atoms with van der Waals surface area (Å²) in [5.74, 6) is 0.336. The molecule has 0 radical (unpaired) electrons. The first-order valence-electron chi connectivity index (χ1n) is 6.65. The summed E-state index contributed by atoms with van der Waals surface area (Å²) in [6.07, 6.45) is 0. The van der Waals surface area contributed by atoms with Crippen LogP contribution < -0.4 is 10.4 Å². The summed E-state index contributed by atoms with van der Waals surface area (Å²) in [5, 5.41) is 0.711. The van der Waals surface area contributed by atoms with E-state index in [0.717, 1.165) is 0 Å². The van der Waals surface area contributed by atoms with E-state index < -0.39 is 20.4 Å². The smallest absolute Gasteiger partial charge is 0.355 e. The van der Waals surface area contributed by atoms with E-state index in [-0.39, 0.29) is 20.5 Å². The number of sulfone groups is 1. The Morgan fingerprint density at radius 2 is 1.79 bits per heavy atom. The monoisotopic (exact) mass is 384 g/mol. The van der Waals surface area contributed by atoms with Crippen LogP contribution in [0.3, 0.4) is 0 Å². The predicted molar refractivity (Wildman–Crippen MR) is 90.9 cm³/mol. The van der Waals surface area contributed by atoms with Crippen molar-refractivity contribution in [2.75, 3.05) is 7.11 Å². The maximum absolute atomic E-state index is 12.7. The molecule has 0 saturated heterocycles. The third kappa shape index (κ3) is 2.77. The molecule has 1 heterocycles. The lowest BCUT2D eigenvalue weighted by Crippen LogP contribution is -2.14. The lowest BCUT2D eigenvalue weighted by molar-refractivity contribution is 0.405. The number of fused-ring (bicyclic) bond motifs is 1. The molecule has 0 aliphatic carbocycles. The topological polar surface area (TPSA) is 73.6 Å². The molecule has 8 heteroatoms. The van der Waals surface area contributed by atoms with E-state index in [9.17, 15) is 13.2 Å². The van der Waals surface area contributed by atoms with Crippen molar-refractivity contribution in [3.05, 3.63) is 62.9 Å². The Hall–Kier alpha value is -2.02. The van der Waals surface area contributed by atoms with Gasteiger partial charge in [0.05, 0.1) is 22.1 Å². The second kappa shape index (κ2) is 6.12. The summed E-state index contributed by atoms with van der Waals surface area (Å²) < 4.78 is 35.7. The molecule has 0 N–H and O–H groups in total. The normalized spacial score (nSPS) is 11.6. The zero-order valence-corrected chi connectivity index (χ0v) is 14.6. The van der Waals surface area contributed by atoms with Crippen molar-refractivity contribution >= 4 is 44.0 Å². The van der Waals surface area contributed by atoms with Crippen molar-refractivity contribution in [2.24, 2.45) is 0 Å². The molecule has 1 aromatic heterocycles. The molecule has 3 rings (SSSR count). The van der Waals surface area contributed by atoms with Crippen LogP contribution in [0.2, 0.25) is 10.0 Å². The predicted octanol–water partition coefficient (Wildman–Crippen LogP) is 3.94. The fourth-order valence-electron chi connectivity index (χ4n) is 2.22. The minimum atomic E-state index is -4.11. The first-order chi connectivity index (χ1) is 11.3. The zero-order valence-electron chi connectivity index (χ0n) is 12.2. The van der Waals surface area contributed by atoms with Crippen LogP contribution >= 0.6 is 23.2 Å². The molecule has 5 nitrogen and oxygen atoms in total. The molecule has 0 unspecified atom stereocenters. The molecule has 0 amide bonds. The summed E-state index contributed by atoms with van der Waals surface area (Å²) in [7, 11) is -2.68. The molecule has 0 atom stereocenters. The standard InChI is InChI=1S/C16H10Cl2O5S/c1-22-13-4-2-3-9-7-14(16(19)23-15(9)13)24(20,21)10-5-6-11(17)12(18)8-10/h2-8H,1H3. The van der Waals surface area contributed by atoms with E-state index in [2.05, 4.69) is 0 Å². The van der Waals surface area contributed by atoms with Gasteiger partial charge in [-0.3, -0.25) is 0 Å². The van der Waals surface area contributed by atoms with Gasteiger partial charge in [-0.1, -0.05) is 35.3 Å². The van der Waals surface area contributed by atoms with Gasteiger partial charge in [0, 0.05) is 5.39 Å². The van der Waals surface area contributed by atoms with Gasteiger partial charge >= 0.3 is 5.63 Å². The fraction of sp³-hybridized carbons (Fsp3) is 0.0625. The molecule has 0 aliphatic heterocycles. The zero-order chi connectivity index (χ0) is 17.5. The van der Waals surface area contributed by atoms with E-state index in [1.165, 1.54) is 31.4 Å². The van der Waals surface area contributed by atoms with Crippen molar-refractivity contribution in [1.82, 2.24) is 0 Å². The Morgan fingerprint density at radius 1 is 1.04 bits per heavy atom. The first-order valence-corrected chi connectivity index (χ1v) is 8.89. The maximum Gasteiger partial charge on any atom is 0.355 e. The van der Waals surface area contributed by atoms with E-state index >= 15 is 0 Å². The molecule has 3 aromatic rings. The Balaban J connectivity index is 2.26. The van der Waals surface area contributed by atoms with Crippen molar-refractivity contribution in [1.29, 1.82) is 0 Å². The number of hydrogen-bond acceptors (Lipinski definition) is 5. The Morgan fingerprint density at radius 3 is 2.46 bits per heavy atom. The number of halogens is 2. The Labute approximate surface area is 147 Å². The van der Waals surface area contributed by atoms with E-state index in [4.69, 9.17) is 32.4 Å². The third-order valence-electron chi connectivity index (χ3n) is 3.40. The summed E-state index contributed by atoms with van der Waals surface area (Å²) in [5.41, 5.74) is -0.809. The first kappa shape index (κ1) is 16.8. The number of rotatable bonds is 3. The maximum atomic E-state index is 12.7. The molecule has 24 heavy (non-hydrogen) atoms. The summed E-state index contributed by atoms with van der Waals surface area (Å²) in [6, 6.07) is 9.96. The molecule has 0 saturated carbocycles. The van der Waals surface area contributed by atoms with Gasteiger partial charge in [0.2, 0.25) is 9.84 Å². The van der Waals surface area contributed by atoms with Crippen molar-refractivity contribution in [3.8, 4) is 5.75 Å². The minimum Gasteiger partial charge on any atom is -0.493 e. The molecule has 0 bridgehead atoms. The van der Waals surface area contributed by atoms with Crippen LogP contribution in [-0.2, 0) is 9.84 Å². The highest BCUT2D eigenvalue weighted by atomic mass is 35.5. The van der Waals surface area contributed by atoms with Crippen LogP contribution in [0.5, 0.6) is 5.75 Å². The van der Waals surface area contributed by atoms with Gasteiger partial charge < -0.3 is 9.15 Å². The molecule has 124 valence electrons. The van der Waals surface area contributed by atoms with Gasteiger partial charge in [-0.25, -0.2) is 13.2 Å². The molecular formula is C16H10Cl2O5S. The number of para-hydroxylation sites is 1. The van der Waals surface area contributed by atoms with Gasteiger partial charge in [-0.05, 0) is 30.3 Å². The van der Waals surface area contributed by atoms with Gasteiger partial charge in [-0.15, -0.1) is 0 Å². The van der Waals surface area contributed by atoms with Gasteiger partial charge in [-0.2, -0.15) is 0 Å². The Kier molecular flexibility index (Phi) is 4.29. The number of hydrogen-bond donors (Lipinski definition) is 0. The van der Waals surface area contributed by atoms with Crippen LogP contribution in [0.25, 0.3) is 11.0 Å². The molecule has 2 aromatic carbocycles. The molecular weight excluding hydrogens is 375 g/mol. The van der Waals surface area contributed by atoms with Gasteiger partial charge in [0.1, 0.15) is 0 Å². The second-order valence-corrected chi connectivity index (χ2v) is 7.59. The van der Waals surface area contributed by atoms with E-state index in [1.54, 1.807) is 18.2 Å². The van der Waals surface area contributed by atoms with Crippen molar-refractivity contribution < 1.29 is 17.6 Å². The lowest BCUT2D eigenvalue weighted by Gasteiger charge is -2.07. The second-order valence-electron chi connectivity index (χ2n) is 4.86. The molecule has 0 spiro atoms. The quantitative estimate of drug-likeness (QED) is 0.639. The van der Waals surface area contributed by atoms with Gasteiger partial charge in [0.25, 0.3) is 0 Å². The van der Waals surface area contributed by atoms with Crippen LogP contribution in [0, 0.1) is 0 Å². The Bertz CT molecular complexity index is 1100. The largest absolute Gasteiger partial charge is 0.493 e. The van der Waals surface area contributed by atoms with Crippen molar-refractivity contribution in [3.63, 3.8) is 0 Å². The van der Waals surface area contributed by atoms with Crippen LogP contribution in [0.1, 0.15) is 0 Å². The average molecular weight is 385 g/mol. The lowest BCUT2D eigenvalue weighted by atomic mass is 10.2. The third-order valence-corrected chi connectivity index (χ3v) is 5.88. The number of benzene rings is 2. The summed E-state index contributed by atoms with van der Waals surface area (Å²) in [4.78, 5) is 11.6. The SMILES string of the molecule is COc1cccc2cc(S(=O)(=O)c3ccc(Cl)c(Cl)c3)c(=O)oc12. The summed E-state index contributed by atoms with van der Waals surface area (Å²) in [6.45, 7) is 0. The van der Waals surface area contributed by atoms with E-state index in [0.29, 0.717) is 11.1 Å². The van der Waals surface area contributed by atoms with Crippen molar-refractivity contribution in [2.45, 2.75) is 9.79 Å². The van der Waals surface area contributed by atoms with Crippen LogP contribution in [0.15, 0.2) is 61.5 Å². The van der Waals surface area contributed by atoms with Gasteiger partial charge in [0.15, 0.2) is 16.2 Å². The molecule has 0 aliphatic rings. The summed E-state index contributed by atoms with van der Waals surface area (Å²) >= 11 is 11.7. The fourth-order valence-corrected chi connectivity index (χ4v) is 3.90. The number of methoxy groups -OCH3 is 1. The minimum absolute atomic E-state index is 0.0737. The van der Waals surface area contributed by atoms with Crippen LogP contribution in [-0.4, -0.2) is 15.5 Å². The average Bonchev–Trinajstić information content (AvgIpc) is 2.56. The van der Waals surface area contributed by atoms with E-state index in [1.807, 2.05) is 0 Å².